The number of halogens is 1. The van der Waals surface area contributed by atoms with Gasteiger partial charge in [0.2, 0.25) is 5.91 Å². The molecule has 5 nitrogen and oxygen atoms in total. The average molecular weight is 370 g/mol. The molecule has 2 amide bonds. The van der Waals surface area contributed by atoms with E-state index in [1.807, 2.05) is 30.3 Å². The van der Waals surface area contributed by atoms with Crippen molar-refractivity contribution in [3.05, 3.63) is 66.0 Å². The smallest absolute Gasteiger partial charge is 0.253 e. The van der Waals surface area contributed by atoms with Crippen LogP contribution in [0.2, 0.25) is 0 Å². The van der Waals surface area contributed by atoms with Crippen molar-refractivity contribution >= 4 is 11.8 Å². The second-order valence-corrected chi connectivity index (χ2v) is 6.44. The second-order valence-electron chi connectivity index (χ2n) is 6.44. The molecule has 3 rings (SSSR count). The van der Waals surface area contributed by atoms with E-state index < -0.39 is 0 Å². The molecule has 1 saturated heterocycles. The summed E-state index contributed by atoms with van der Waals surface area (Å²) in [5.41, 5.74) is 0.465. The molecular formula is C21H23FN2O3. The van der Waals surface area contributed by atoms with Crippen LogP contribution in [0.1, 0.15) is 23.2 Å². The number of para-hydroxylation sites is 1. The van der Waals surface area contributed by atoms with Gasteiger partial charge in [0.1, 0.15) is 11.6 Å². The van der Waals surface area contributed by atoms with E-state index in [2.05, 4.69) is 0 Å². The fourth-order valence-electron chi connectivity index (χ4n) is 3.08. The van der Waals surface area contributed by atoms with E-state index in [4.69, 9.17) is 4.74 Å². The van der Waals surface area contributed by atoms with Crippen LogP contribution in [0.3, 0.4) is 0 Å². The molecule has 2 aromatic rings. The first-order valence-corrected chi connectivity index (χ1v) is 9.14. The molecule has 0 bridgehead atoms. The van der Waals surface area contributed by atoms with Gasteiger partial charge in [-0.3, -0.25) is 9.59 Å². The highest BCUT2D eigenvalue weighted by Gasteiger charge is 2.22. The van der Waals surface area contributed by atoms with Crippen LogP contribution in [0, 0.1) is 5.82 Å². The number of carbonyl (C=O) groups excluding carboxylic acids is 2. The molecule has 0 radical (unpaired) electrons. The van der Waals surface area contributed by atoms with Gasteiger partial charge < -0.3 is 14.5 Å². The largest absolute Gasteiger partial charge is 0.493 e. The quantitative estimate of drug-likeness (QED) is 0.813. The third kappa shape index (κ3) is 5.29. The van der Waals surface area contributed by atoms with Crippen LogP contribution in [0.15, 0.2) is 54.6 Å². The number of amides is 2. The fourth-order valence-corrected chi connectivity index (χ4v) is 3.08. The maximum atomic E-state index is 13.0. The third-order valence-corrected chi connectivity index (χ3v) is 4.55. The lowest BCUT2D eigenvalue weighted by atomic mass is 10.2. The van der Waals surface area contributed by atoms with E-state index in [1.165, 1.54) is 24.3 Å². The fraction of sp³-hybridized carbons (Fsp3) is 0.333. The first-order chi connectivity index (χ1) is 13.1. The lowest BCUT2D eigenvalue weighted by molar-refractivity contribution is -0.131. The second kappa shape index (κ2) is 9.16. The number of benzene rings is 2. The van der Waals surface area contributed by atoms with Crippen molar-refractivity contribution in [2.75, 3.05) is 32.8 Å². The molecule has 0 saturated carbocycles. The summed E-state index contributed by atoms with van der Waals surface area (Å²) >= 11 is 0. The van der Waals surface area contributed by atoms with Crippen molar-refractivity contribution in [3.63, 3.8) is 0 Å². The van der Waals surface area contributed by atoms with E-state index in [0.29, 0.717) is 44.8 Å². The third-order valence-electron chi connectivity index (χ3n) is 4.55. The van der Waals surface area contributed by atoms with Gasteiger partial charge in [-0.05, 0) is 42.8 Å². The summed E-state index contributed by atoms with van der Waals surface area (Å²) in [7, 11) is 0. The Morgan fingerprint density at radius 2 is 1.56 bits per heavy atom. The van der Waals surface area contributed by atoms with Crippen LogP contribution in [0.4, 0.5) is 4.39 Å². The number of hydrogen-bond donors (Lipinski definition) is 0. The van der Waals surface area contributed by atoms with Gasteiger partial charge >= 0.3 is 0 Å². The first-order valence-electron chi connectivity index (χ1n) is 9.14. The Morgan fingerprint density at radius 1 is 0.889 bits per heavy atom. The zero-order valence-corrected chi connectivity index (χ0v) is 15.1. The lowest BCUT2D eigenvalue weighted by Gasteiger charge is -2.22. The molecule has 27 heavy (non-hydrogen) atoms. The number of hydrogen-bond acceptors (Lipinski definition) is 3. The highest BCUT2D eigenvalue weighted by molar-refractivity contribution is 5.94. The first kappa shape index (κ1) is 18.9. The minimum atomic E-state index is -0.364. The highest BCUT2D eigenvalue weighted by Crippen LogP contribution is 2.12. The van der Waals surface area contributed by atoms with Crippen molar-refractivity contribution in [1.29, 1.82) is 0 Å². The number of rotatable bonds is 5. The molecular weight excluding hydrogens is 347 g/mol. The maximum absolute atomic E-state index is 13.0. The van der Waals surface area contributed by atoms with Gasteiger partial charge in [0.25, 0.3) is 5.91 Å². The molecule has 1 heterocycles. The summed E-state index contributed by atoms with van der Waals surface area (Å²) in [5, 5.41) is 0. The Balaban J connectivity index is 1.48. The lowest BCUT2D eigenvalue weighted by Crippen LogP contribution is -2.37. The van der Waals surface area contributed by atoms with E-state index >= 15 is 0 Å². The van der Waals surface area contributed by atoms with Gasteiger partial charge in [-0.15, -0.1) is 0 Å². The molecule has 0 unspecified atom stereocenters. The normalized spacial score (nSPS) is 14.6. The molecule has 0 aromatic heterocycles. The van der Waals surface area contributed by atoms with E-state index in [-0.39, 0.29) is 17.6 Å². The topological polar surface area (TPSA) is 49.9 Å². The molecule has 0 spiro atoms. The van der Waals surface area contributed by atoms with Crippen molar-refractivity contribution in [2.45, 2.75) is 12.8 Å². The molecule has 6 heteroatoms. The molecule has 0 aliphatic carbocycles. The number of ether oxygens (including phenoxy) is 1. The van der Waals surface area contributed by atoms with Crippen LogP contribution in [-0.2, 0) is 4.79 Å². The minimum absolute atomic E-state index is 0.0296. The molecule has 142 valence electrons. The zero-order chi connectivity index (χ0) is 19.1. The van der Waals surface area contributed by atoms with Crippen molar-refractivity contribution in [2.24, 2.45) is 0 Å². The van der Waals surface area contributed by atoms with E-state index in [9.17, 15) is 14.0 Å². The van der Waals surface area contributed by atoms with Gasteiger partial charge in [-0.2, -0.15) is 0 Å². The van der Waals surface area contributed by atoms with Crippen LogP contribution in [0.5, 0.6) is 5.75 Å². The van der Waals surface area contributed by atoms with Gasteiger partial charge in [0.15, 0.2) is 0 Å². The summed E-state index contributed by atoms with van der Waals surface area (Å²) in [5.74, 6) is 0.285. The van der Waals surface area contributed by atoms with Gasteiger partial charge in [-0.25, -0.2) is 4.39 Å². The summed E-state index contributed by atoms with van der Waals surface area (Å²) in [6.07, 6.45) is 1.03. The summed E-state index contributed by atoms with van der Waals surface area (Å²) < 4.78 is 18.6. The number of nitrogens with zero attached hydrogens (tertiary/aromatic N) is 2. The van der Waals surface area contributed by atoms with Gasteiger partial charge in [-0.1, -0.05) is 18.2 Å². The van der Waals surface area contributed by atoms with E-state index in [0.717, 1.165) is 12.2 Å². The van der Waals surface area contributed by atoms with Crippen LogP contribution in [-0.4, -0.2) is 54.4 Å². The molecule has 0 N–H and O–H groups in total. The molecule has 1 fully saturated rings. The van der Waals surface area contributed by atoms with Gasteiger partial charge in [0, 0.05) is 31.7 Å². The summed E-state index contributed by atoms with van der Waals surface area (Å²) in [4.78, 5) is 28.5. The Hall–Kier alpha value is -2.89. The van der Waals surface area contributed by atoms with Crippen LogP contribution in [0.25, 0.3) is 0 Å². The monoisotopic (exact) mass is 370 g/mol. The average Bonchev–Trinajstić information content (AvgIpc) is 2.95. The number of carbonyl (C=O) groups is 2. The van der Waals surface area contributed by atoms with Crippen molar-refractivity contribution in [3.8, 4) is 5.75 Å². The van der Waals surface area contributed by atoms with E-state index in [1.54, 1.807) is 9.80 Å². The Labute approximate surface area is 158 Å². The van der Waals surface area contributed by atoms with Crippen molar-refractivity contribution < 1.29 is 18.7 Å². The summed E-state index contributed by atoms with van der Waals surface area (Å²) in [6, 6.07) is 15.0. The molecule has 1 aliphatic heterocycles. The van der Waals surface area contributed by atoms with Gasteiger partial charge in [0.05, 0.1) is 13.0 Å². The molecule has 2 aromatic carbocycles. The SMILES string of the molecule is O=C(CCOc1ccccc1)N1CCCN(C(=O)c2ccc(F)cc2)CC1. The van der Waals surface area contributed by atoms with Crippen LogP contribution >= 0.6 is 0 Å². The standard InChI is InChI=1S/C21H23FN2O3/c22-18-9-7-17(8-10-18)21(26)24-13-4-12-23(14-15-24)20(25)11-16-27-19-5-2-1-3-6-19/h1-3,5-10H,4,11-16H2. The molecule has 0 atom stereocenters. The minimum Gasteiger partial charge on any atom is -0.493 e. The predicted octanol–water partition coefficient (Wildman–Crippen LogP) is 2.97. The summed E-state index contributed by atoms with van der Waals surface area (Å²) in [6.45, 7) is 2.51. The Morgan fingerprint density at radius 3 is 2.30 bits per heavy atom. The zero-order valence-electron chi connectivity index (χ0n) is 15.1. The highest BCUT2D eigenvalue weighted by atomic mass is 19.1. The van der Waals surface area contributed by atoms with Crippen LogP contribution < -0.4 is 4.74 Å². The molecule has 1 aliphatic rings. The maximum Gasteiger partial charge on any atom is 0.253 e. The Kier molecular flexibility index (Phi) is 6.41. The predicted molar refractivity (Wildman–Crippen MR) is 100 cm³/mol. The Bertz CT molecular complexity index is 765. The van der Waals surface area contributed by atoms with Crippen molar-refractivity contribution in [1.82, 2.24) is 9.80 Å².